The average molecular weight is 387 g/mol. The van der Waals surface area contributed by atoms with Gasteiger partial charge in [0.25, 0.3) is 0 Å². The predicted octanol–water partition coefficient (Wildman–Crippen LogP) is 2.59. The van der Waals surface area contributed by atoms with Crippen molar-refractivity contribution in [2.75, 3.05) is 20.2 Å². The Morgan fingerprint density at radius 3 is 2.46 bits per heavy atom. The molecule has 1 aromatic carbocycles. The van der Waals surface area contributed by atoms with Gasteiger partial charge in [-0.3, -0.25) is 0 Å². The number of hydrogen-bond donors (Lipinski definition) is 2. The van der Waals surface area contributed by atoms with Gasteiger partial charge in [0, 0.05) is 13.1 Å². The first-order chi connectivity index (χ1) is 13.3. The number of hydrogen-bond acceptors (Lipinski definition) is 5. The Hall–Kier alpha value is -2.61. The Kier molecular flexibility index (Phi) is 5.88. The number of carbonyl (C=O) groups excluding carboxylic acids is 1. The van der Waals surface area contributed by atoms with Crippen LogP contribution in [-0.2, 0) is 5.54 Å². The first kappa shape index (κ1) is 20.1. The van der Waals surface area contributed by atoms with Crippen LogP contribution in [0.1, 0.15) is 57.0 Å². The molecule has 2 heterocycles. The minimum atomic E-state index is -0.504. The number of nitrogens with one attached hydrogen (secondary N) is 1. The molecule has 1 aliphatic rings. The summed E-state index contributed by atoms with van der Waals surface area (Å²) in [5, 5.41) is 11.5. The van der Waals surface area contributed by atoms with Gasteiger partial charge in [0.15, 0.2) is 0 Å². The Labute approximate surface area is 166 Å². The zero-order valence-corrected chi connectivity index (χ0v) is 17.1. The normalized spacial score (nSPS) is 16.7. The van der Waals surface area contributed by atoms with Crippen LogP contribution >= 0.6 is 0 Å². The lowest BCUT2D eigenvalue weighted by atomic mass is 10.0. The second-order valence-electron chi connectivity index (χ2n) is 7.97. The van der Waals surface area contributed by atoms with Gasteiger partial charge in [-0.1, -0.05) is 17.3 Å². The molecule has 0 unspecified atom stereocenters. The highest BCUT2D eigenvalue weighted by molar-refractivity contribution is 5.74. The van der Waals surface area contributed by atoms with Crippen molar-refractivity contribution in [1.82, 2.24) is 25.2 Å². The third kappa shape index (κ3) is 4.62. The van der Waals surface area contributed by atoms with Crippen molar-refractivity contribution in [3.63, 3.8) is 0 Å². The van der Waals surface area contributed by atoms with E-state index in [1.54, 1.807) is 7.11 Å². The van der Waals surface area contributed by atoms with Gasteiger partial charge < -0.3 is 20.7 Å². The molecule has 28 heavy (non-hydrogen) atoms. The van der Waals surface area contributed by atoms with Gasteiger partial charge in [-0.25, -0.2) is 9.48 Å². The topological polar surface area (TPSA) is 98.3 Å². The van der Waals surface area contributed by atoms with E-state index in [9.17, 15) is 4.79 Å². The summed E-state index contributed by atoms with van der Waals surface area (Å²) >= 11 is 0. The second kappa shape index (κ2) is 8.18. The molecule has 1 aliphatic heterocycles. The van der Waals surface area contributed by atoms with Crippen molar-refractivity contribution in [2.24, 2.45) is 5.73 Å². The third-order valence-corrected chi connectivity index (χ3v) is 5.25. The number of methoxy groups -OCH3 is 1. The van der Waals surface area contributed by atoms with E-state index in [1.807, 2.05) is 60.8 Å². The molecule has 2 aromatic rings. The molecule has 3 N–H and O–H groups in total. The Morgan fingerprint density at radius 2 is 1.93 bits per heavy atom. The van der Waals surface area contributed by atoms with Gasteiger partial charge in [0.1, 0.15) is 11.4 Å². The number of ether oxygens (including phenoxy) is 1. The van der Waals surface area contributed by atoms with Crippen molar-refractivity contribution in [1.29, 1.82) is 0 Å². The lowest BCUT2D eigenvalue weighted by Crippen LogP contribution is -2.45. The molecule has 1 atom stereocenters. The molecule has 8 nitrogen and oxygen atoms in total. The molecule has 3 rings (SSSR count). The number of rotatable bonds is 5. The summed E-state index contributed by atoms with van der Waals surface area (Å²) in [5.74, 6) is 0.804. The van der Waals surface area contributed by atoms with Gasteiger partial charge >= 0.3 is 6.03 Å². The first-order valence-corrected chi connectivity index (χ1v) is 9.68. The van der Waals surface area contributed by atoms with Gasteiger partial charge in [-0.2, -0.15) is 0 Å². The van der Waals surface area contributed by atoms with Gasteiger partial charge in [0.05, 0.1) is 30.9 Å². The quantitative estimate of drug-likeness (QED) is 0.823. The standard InChI is InChI=1S/C20H30N6O2/c1-14(15-5-7-17(28-4)8-6-15)22-19(27)25-11-9-16(10-12-25)26-13-18(23-24-26)20(2,3)21/h5-8,13-14,16H,9-12,21H2,1-4H3,(H,22,27)/t14-/m1/s1. The first-order valence-electron chi connectivity index (χ1n) is 9.68. The fraction of sp³-hybridized carbons (Fsp3) is 0.550. The molecule has 1 fully saturated rings. The van der Waals surface area contributed by atoms with Crippen LogP contribution in [0.4, 0.5) is 4.79 Å². The van der Waals surface area contributed by atoms with E-state index >= 15 is 0 Å². The summed E-state index contributed by atoms with van der Waals surface area (Å²) < 4.78 is 7.07. The molecule has 152 valence electrons. The highest BCUT2D eigenvalue weighted by Crippen LogP contribution is 2.24. The number of piperidine rings is 1. The van der Waals surface area contributed by atoms with Crippen molar-refractivity contribution in [2.45, 2.75) is 51.2 Å². The molecule has 0 bridgehead atoms. The summed E-state index contributed by atoms with van der Waals surface area (Å²) in [6.45, 7) is 7.19. The van der Waals surface area contributed by atoms with E-state index in [1.165, 1.54) is 0 Å². The minimum absolute atomic E-state index is 0.0378. The van der Waals surface area contributed by atoms with Gasteiger partial charge in [0.2, 0.25) is 0 Å². The maximum absolute atomic E-state index is 12.6. The highest BCUT2D eigenvalue weighted by atomic mass is 16.5. The number of nitrogens with zero attached hydrogens (tertiary/aromatic N) is 4. The van der Waals surface area contributed by atoms with E-state index in [4.69, 9.17) is 10.5 Å². The minimum Gasteiger partial charge on any atom is -0.497 e. The third-order valence-electron chi connectivity index (χ3n) is 5.25. The van der Waals surface area contributed by atoms with E-state index in [-0.39, 0.29) is 18.1 Å². The van der Waals surface area contributed by atoms with Crippen LogP contribution in [-0.4, -0.2) is 46.1 Å². The number of nitrogens with two attached hydrogens (primary N) is 1. The molecular weight excluding hydrogens is 356 g/mol. The number of amides is 2. The smallest absolute Gasteiger partial charge is 0.317 e. The number of urea groups is 1. The van der Waals surface area contributed by atoms with E-state index in [0.29, 0.717) is 13.1 Å². The lowest BCUT2D eigenvalue weighted by molar-refractivity contribution is 0.165. The van der Waals surface area contributed by atoms with Crippen LogP contribution in [0.3, 0.4) is 0 Å². The van der Waals surface area contributed by atoms with Crippen LogP contribution in [0.25, 0.3) is 0 Å². The maximum atomic E-state index is 12.6. The van der Waals surface area contributed by atoms with Crippen molar-refractivity contribution >= 4 is 6.03 Å². The predicted molar refractivity (Wildman–Crippen MR) is 107 cm³/mol. The number of carbonyl (C=O) groups is 1. The molecule has 2 amide bonds. The van der Waals surface area contributed by atoms with Crippen molar-refractivity contribution < 1.29 is 9.53 Å². The molecule has 0 spiro atoms. The van der Waals surface area contributed by atoms with Crippen molar-refractivity contribution in [3.05, 3.63) is 41.7 Å². The average Bonchev–Trinajstić information content (AvgIpc) is 3.19. The van der Waals surface area contributed by atoms with Gasteiger partial charge in [-0.15, -0.1) is 5.10 Å². The summed E-state index contributed by atoms with van der Waals surface area (Å²) in [6.07, 6.45) is 3.61. The zero-order chi connectivity index (χ0) is 20.3. The van der Waals surface area contributed by atoms with Crippen LogP contribution in [0.15, 0.2) is 30.5 Å². The molecule has 1 saturated heterocycles. The summed E-state index contributed by atoms with van der Waals surface area (Å²) in [4.78, 5) is 14.5. The number of benzene rings is 1. The number of aromatic nitrogens is 3. The zero-order valence-electron chi connectivity index (χ0n) is 17.1. The molecular formula is C20H30N6O2. The van der Waals surface area contributed by atoms with Gasteiger partial charge in [-0.05, 0) is 51.3 Å². The van der Waals surface area contributed by atoms with Crippen molar-refractivity contribution in [3.8, 4) is 5.75 Å². The second-order valence-corrected chi connectivity index (χ2v) is 7.97. The monoisotopic (exact) mass is 386 g/mol. The fourth-order valence-electron chi connectivity index (χ4n) is 3.34. The molecule has 1 aromatic heterocycles. The molecule has 0 saturated carbocycles. The highest BCUT2D eigenvalue weighted by Gasteiger charge is 2.27. The van der Waals surface area contributed by atoms with E-state index < -0.39 is 5.54 Å². The summed E-state index contributed by atoms with van der Waals surface area (Å²) in [6, 6.07) is 7.88. The Morgan fingerprint density at radius 1 is 1.29 bits per heavy atom. The molecule has 0 radical (unpaired) electrons. The van der Waals surface area contributed by atoms with E-state index in [2.05, 4.69) is 15.6 Å². The summed E-state index contributed by atoms with van der Waals surface area (Å²) in [5.41, 5.74) is 7.41. The Bertz CT molecular complexity index is 788. The van der Waals surface area contributed by atoms with Crippen LogP contribution in [0.5, 0.6) is 5.75 Å². The largest absolute Gasteiger partial charge is 0.497 e. The SMILES string of the molecule is COc1ccc([C@@H](C)NC(=O)N2CCC(n3cc(C(C)(C)N)nn3)CC2)cc1. The van der Waals surface area contributed by atoms with Crippen LogP contribution in [0.2, 0.25) is 0 Å². The van der Waals surface area contributed by atoms with Crippen LogP contribution < -0.4 is 15.8 Å². The number of likely N-dealkylation sites (tertiary alicyclic amines) is 1. The Balaban J connectivity index is 1.52. The lowest BCUT2D eigenvalue weighted by Gasteiger charge is -2.32. The summed E-state index contributed by atoms with van der Waals surface area (Å²) in [7, 11) is 1.64. The molecule has 8 heteroatoms. The molecule has 0 aliphatic carbocycles. The maximum Gasteiger partial charge on any atom is 0.317 e. The fourth-order valence-corrected chi connectivity index (χ4v) is 3.34. The van der Waals surface area contributed by atoms with Crippen LogP contribution in [0, 0.1) is 0 Å². The van der Waals surface area contributed by atoms with E-state index in [0.717, 1.165) is 29.8 Å².